The van der Waals surface area contributed by atoms with Crippen molar-refractivity contribution >= 4 is 22.7 Å². The van der Waals surface area contributed by atoms with Crippen LogP contribution in [0.4, 0.5) is 0 Å². The van der Waals surface area contributed by atoms with Gasteiger partial charge in [-0.2, -0.15) is 0 Å². The van der Waals surface area contributed by atoms with E-state index in [-0.39, 0.29) is 11.8 Å². The van der Waals surface area contributed by atoms with E-state index in [9.17, 15) is 9.59 Å². The van der Waals surface area contributed by atoms with Crippen LogP contribution in [0.3, 0.4) is 0 Å². The predicted octanol–water partition coefficient (Wildman–Crippen LogP) is 5.43. The van der Waals surface area contributed by atoms with Gasteiger partial charge in [0.25, 0.3) is 5.91 Å². The first-order valence-corrected chi connectivity index (χ1v) is 15.4. The van der Waals surface area contributed by atoms with E-state index in [4.69, 9.17) is 0 Å². The summed E-state index contributed by atoms with van der Waals surface area (Å²) < 4.78 is 0. The summed E-state index contributed by atoms with van der Waals surface area (Å²) in [5, 5.41) is 7.24. The summed E-state index contributed by atoms with van der Waals surface area (Å²) in [5.41, 5.74) is 4.40. The van der Waals surface area contributed by atoms with Crippen molar-refractivity contribution in [1.29, 1.82) is 0 Å². The lowest BCUT2D eigenvalue weighted by molar-refractivity contribution is -0.123. The van der Waals surface area contributed by atoms with Crippen molar-refractivity contribution < 1.29 is 9.59 Å². The number of H-pyrrole nitrogens is 1. The molecule has 40 heavy (non-hydrogen) atoms. The molecule has 212 valence electrons. The zero-order valence-corrected chi connectivity index (χ0v) is 24.0. The number of benzene rings is 2. The van der Waals surface area contributed by atoms with Gasteiger partial charge in [-0.15, -0.1) is 0 Å². The lowest BCUT2D eigenvalue weighted by atomic mass is 9.48. The number of hydrogen-bond acceptors (Lipinski definition) is 3. The molecular weight excluding hydrogens is 496 g/mol. The van der Waals surface area contributed by atoms with E-state index in [0.717, 1.165) is 53.9 Å². The van der Waals surface area contributed by atoms with Crippen molar-refractivity contribution in [3.8, 4) is 0 Å². The highest BCUT2D eigenvalue weighted by atomic mass is 16.2. The lowest BCUT2D eigenvalue weighted by Crippen LogP contribution is -2.49. The lowest BCUT2D eigenvalue weighted by Gasteiger charge is -2.57. The Morgan fingerprint density at radius 2 is 1.60 bits per heavy atom. The fourth-order valence-corrected chi connectivity index (χ4v) is 8.41. The van der Waals surface area contributed by atoms with Crippen molar-refractivity contribution in [2.75, 3.05) is 26.2 Å². The number of aromatic nitrogens is 1. The van der Waals surface area contributed by atoms with E-state index in [1.54, 1.807) is 0 Å². The summed E-state index contributed by atoms with van der Waals surface area (Å²) in [6, 6.07) is 15.8. The molecule has 3 N–H and O–H groups in total. The van der Waals surface area contributed by atoms with Gasteiger partial charge in [-0.25, -0.2) is 0 Å². The molecule has 4 fully saturated rings. The maximum atomic E-state index is 13.5. The minimum absolute atomic E-state index is 0.143. The standard InChI is InChI=1S/C34H44N4O2/c1-3-38(4-2)14-13-35-33(40)31(18-27-22-36-30-8-6-5-7-29(27)30)37-32(39)26-9-11-28(12-10-26)34-19-23-15-24(20-34)17-25(16-23)21-34/h5-12,22-25,31,36H,3-4,13-21H2,1-2H3,(H,35,40)(H,37,39)/t23?,24?,25?,31-,34?/m1/s1. The average Bonchev–Trinajstić information content (AvgIpc) is 3.37. The van der Waals surface area contributed by atoms with Gasteiger partial charge in [0.1, 0.15) is 6.04 Å². The third kappa shape index (κ3) is 5.43. The van der Waals surface area contributed by atoms with Gasteiger partial charge in [0.05, 0.1) is 0 Å². The Hall–Kier alpha value is -3.12. The first-order chi connectivity index (χ1) is 19.5. The molecule has 7 rings (SSSR count). The zero-order valence-electron chi connectivity index (χ0n) is 24.0. The second kappa shape index (κ2) is 11.4. The van der Waals surface area contributed by atoms with Crippen LogP contribution in [-0.2, 0) is 16.6 Å². The molecule has 4 bridgehead atoms. The number of carbonyl (C=O) groups excluding carboxylic acids is 2. The Morgan fingerprint density at radius 3 is 2.25 bits per heavy atom. The number of nitrogens with zero attached hydrogens (tertiary/aromatic N) is 1. The smallest absolute Gasteiger partial charge is 0.251 e. The van der Waals surface area contributed by atoms with Crippen LogP contribution in [0, 0.1) is 17.8 Å². The Morgan fingerprint density at radius 1 is 0.950 bits per heavy atom. The SMILES string of the molecule is CCN(CC)CCNC(=O)[C@@H](Cc1c[nH]c2ccccc12)NC(=O)c1ccc(C23CC4CC(CC(C4)C2)C3)cc1. The molecule has 1 atom stereocenters. The van der Waals surface area contributed by atoms with E-state index >= 15 is 0 Å². The van der Waals surface area contributed by atoms with Crippen LogP contribution >= 0.6 is 0 Å². The molecule has 1 aromatic heterocycles. The fraction of sp³-hybridized carbons (Fsp3) is 0.529. The van der Waals surface area contributed by atoms with Crippen molar-refractivity contribution in [3.05, 3.63) is 71.4 Å². The highest BCUT2D eigenvalue weighted by Crippen LogP contribution is 2.60. The van der Waals surface area contributed by atoms with Crippen molar-refractivity contribution in [2.45, 2.75) is 70.3 Å². The van der Waals surface area contributed by atoms with Crippen molar-refractivity contribution in [2.24, 2.45) is 17.8 Å². The number of nitrogens with one attached hydrogen (secondary N) is 3. The van der Waals surface area contributed by atoms with Gasteiger partial charge in [-0.1, -0.05) is 44.2 Å². The van der Waals surface area contributed by atoms with Gasteiger partial charge in [0, 0.05) is 42.2 Å². The topological polar surface area (TPSA) is 77.2 Å². The monoisotopic (exact) mass is 540 g/mol. The molecule has 2 amide bonds. The number of likely N-dealkylation sites (N-methyl/N-ethyl adjacent to an activating group) is 1. The molecule has 1 heterocycles. The number of para-hydroxylation sites is 1. The van der Waals surface area contributed by atoms with E-state index in [1.165, 1.54) is 44.1 Å². The second-order valence-corrected chi connectivity index (χ2v) is 12.7. The molecule has 0 spiro atoms. The maximum Gasteiger partial charge on any atom is 0.251 e. The highest BCUT2D eigenvalue weighted by Gasteiger charge is 2.51. The molecule has 0 saturated heterocycles. The normalized spacial score (nSPS) is 25.8. The molecule has 6 heteroatoms. The quantitative estimate of drug-likeness (QED) is 0.303. The third-order valence-corrected chi connectivity index (χ3v) is 10.1. The van der Waals surface area contributed by atoms with Gasteiger partial charge in [-0.05, 0) is 104 Å². The number of carbonyl (C=O) groups is 2. The predicted molar refractivity (Wildman–Crippen MR) is 160 cm³/mol. The van der Waals surface area contributed by atoms with E-state index in [2.05, 4.69) is 52.6 Å². The maximum absolute atomic E-state index is 13.5. The number of aromatic amines is 1. The van der Waals surface area contributed by atoms with Gasteiger partial charge in [-0.3, -0.25) is 9.59 Å². The minimum atomic E-state index is -0.661. The number of hydrogen-bond donors (Lipinski definition) is 3. The number of rotatable bonds is 11. The molecular formula is C34H44N4O2. The molecule has 4 saturated carbocycles. The van der Waals surface area contributed by atoms with E-state index in [0.29, 0.717) is 23.9 Å². The molecule has 4 aliphatic rings. The Kier molecular flexibility index (Phi) is 7.71. The molecule has 4 aliphatic carbocycles. The van der Waals surface area contributed by atoms with E-state index < -0.39 is 6.04 Å². The van der Waals surface area contributed by atoms with Crippen LogP contribution in [0.1, 0.15) is 73.9 Å². The first kappa shape index (κ1) is 27.1. The summed E-state index contributed by atoms with van der Waals surface area (Å²) in [4.78, 5) is 32.4. The molecule has 0 aliphatic heterocycles. The molecule has 6 nitrogen and oxygen atoms in total. The van der Waals surface area contributed by atoms with Gasteiger partial charge in [0.2, 0.25) is 5.91 Å². The van der Waals surface area contributed by atoms with Crippen LogP contribution in [0.15, 0.2) is 54.7 Å². The largest absolute Gasteiger partial charge is 0.361 e. The van der Waals surface area contributed by atoms with Crippen LogP contribution < -0.4 is 10.6 Å². The van der Waals surface area contributed by atoms with Crippen molar-refractivity contribution in [1.82, 2.24) is 20.5 Å². The summed E-state index contributed by atoms with van der Waals surface area (Å²) >= 11 is 0. The average molecular weight is 541 g/mol. The Balaban J connectivity index is 1.16. The zero-order chi connectivity index (χ0) is 27.7. The summed E-state index contributed by atoms with van der Waals surface area (Å²) in [6.07, 6.45) is 10.6. The van der Waals surface area contributed by atoms with Crippen LogP contribution in [0.25, 0.3) is 10.9 Å². The summed E-state index contributed by atoms with van der Waals surface area (Å²) in [5.74, 6) is 2.33. The Labute approximate surface area is 238 Å². The first-order valence-electron chi connectivity index (χ1n) is 15.4. The molecule has 0 unspecified atom stereocenters. The van der Waals surface area contributed by atoms with Crippen molar-refractivity contribution in [3.63, 3.8) is 0 Å². The summed E-state index contributed by atoms with van der Waals surface area (Å²) in [7, 11) is 0. The van der Waals surface area contributed by atoms with Crippen LogP contribution in [0.5, 0.6) is 0 Å². The fourth-order valence-electron chi connectivity index (χ4n) is 8.41. The van der Waals surface area contributed by atoms with Gasteiger partial charge in [0.15, 0.2) is 0 Å². The van der Waals surface area contributed by atoms with Crippen LogP contribution in [-0.4, -0.2) is 53.9 Å². The summed E-state index contributed by atoms with van der Waals surface area (Å²) in [6.45, 7) is 7.49. The van der Waals surface area contributed by atoms with Gasteiger partial charge < -0.3 is 20.5 Å². The Bertz CT molecular complexity index is 1300. The minimum Gasteiger partial charge on any atom is -0.361 e. The number of fused-ring (bicyclic) bond motifs is 1. The van der Waals surface area contributed by atoms with Crippen LogP contribution in [0.2, 0.25) is 0 Å². The highest BCUT2D eigenvalue weighted by molar-refractivity contribution is 5.98. The molecule has 0 radical (unpaired) electrons. The molecule has 3 aromatic rings. The third-order valence-electron chi connectivity index (χ3n) is 10.1. The van der Waals surface area contributed by atoms with Gasteiger partial charge >= 0.3 is 0 Å². The molecule has 2 aromatic carbocycles. The number of amides is 2. The van der Waals surface area contributed by atoms with E-state index in [1.807, 2.05) is 36.5 Å². The second-order valence-electron chi connectivity index (χ2n) is 12.7.